The Hall–Kier alpha value is -2.08. The van der Waals surface area contributed by atoms with E-state index in [-0.39, 0.29) is 6.61 Å². The highest BCUT2D eigenvalue weighted by Crippen LogP contribution is 2.35. The molecule has 0 fully saturated rings. The highest BCUT2D eigenvalue weighted by molar-refractivity contribution is 6.20. The van der Waals surface area contributed by atoms with Crippen molar-refractivity contribution in [2.45, 2.75) is 19.4 Å². The van der Waals surface area contributed by atoms with Gasteiger partial charge < -0.3 is 15.8 Å². The number of amides is 2. The lowest BCUT2D eigenvalue weighted by atomic mass is 10.0. The minimum atomic E-state index is -1.13. The van der Waals surface area contributed by atoms with Crippen LogP contribution in [0.5, 0.6) is 5.75 Å². The third-order valence-electron chi connectivity index (χ3n) is 2.84. The van der Waals surface area contributed by atoms with E-state index in [1.54, 1.807) is 33.0 Å². The van der Waals surface area contributed by atoms with E-state index in [4.69, 9.17) is 10.5 Å². The van der Waals surface area contributed by atoms with E-state index in [1.165, 1.54) is 0 Å². The Labute approximate surface area is 111 Å². The molecule has 2 rings (SSSR count). The van der Waals surface area contributed by atoms with Crippen LogP contribution in [0.25, 0.3) is 0 Å². The first kappa shape index (κ1) is 13.4. The van der Waals surface area contributed by atoms with Crippen molar-refractivity contribution in [3.05, 3.63) is 18.2 Å². The standard InChI is InChI=1S/C13H17N3O3/c1-13(2,14)12(18)16-9-6-8(15-3)4-5-10(9)19-7-11(16)17/h4-6,15H,7,14H2,1-3H3. The van der Waals surface area contributed by atoms with Gasteiger partial charge in [-0.05, 0) is 32.0 Å². The Bertz CT molecular complexity index is 534. The molecule has 0 spiro atoms. The zero-order valence-electron chi connectivity index (χ0n) is 11.2. The summed E-state index contributed by atoms with van der Waals surface area (Å²) in [6.07, 6.45) is 0. The number of anilines is 2. The topological polar surface area (TPSA) is 84.7 Å². The Morgan fingerprint density at radius 2 is 2.16 bits per heavy atom. The number of hydrogen-bond acceptors (Lipinski definition) is 5. The van der Waals surface area contributed by atoms with E-state index in [1.807, 2.05) is 6.07 Å². The predicted molar refractivity (Wildman–Crippen MR) is 72.2 cm³/mol. The first-order chi connectivity index (χ1) is 8.84. The average Bonchev–Trinajstić information content (AvgIpc) is 2.36. The third kappa shape index (κ3) is 2.39. The van der Waals surface area contributed by atoms with E-state index >= 15 is 0 Å². The van der Waals surface area contributed by atoms with Crippen LogP contribution in [0, 0.1) is 0 Å². The molecule has 19 heavy (non-hydrogen) atoms. The van der Waals surface area contributed by atoms with Crippen molar-refractivity contribution in [1.82, 2.24) is 0 Å². The molecule has 0 aromatic heterocycles. The Morgan fingerprint density at radius 1 is 1.47 bits per heavy atom. The van der Waals surface area contributed by atoms with Gasteiger partial charge in [-0.2, -0.15) is 0 Å². The number of imide groups is 1. The monoisotopic (exact) mass is 263 g/mol. The van der Waals surface area contributed by atoms with Gasteiger partial charge in [0.1, 0.15) is 5.75 Å². The summed E-state index contributed by atoms with van der Waals surface area (Å²) in [5, 5.41) is 2.95. The summed E-state index contributed by atoms with van der Waals surface area (Å²) in [6, 6.07) is 5.22. The molecule has 0 saturated carbocycles. The summed E-state index contributed by atoms with van der Waals surface area (Å²) in [7, 11) is 1.76. The van der Waals surface area contributed by atoms with Crippen LogP contribution in [0.4, 0.5) is 11.4 Å². The molecule has 1 aromatic carbocycles. The zero-order chi connectivity index (χ0) is 14.2. The Morgan fingerprint density at radius 3 is 2.74 bits per heavy atom. The van der Waals surface area contributed by atoms with Crippen LogP contribution in [0.2, 0.25) is 0 Å². The van der Waals surface area contributed by atoms with Crippen molar-refractivity contribution < 1.29 is 14.3 Å². The van der Waals surface area contributed by atoms with Gasteiger partial charge in [0.15, 0.2) is 6.61 Å². The van der Waals surface area contributed by atoms with Gasteiger partial charge >= 0.3 is 0 Å². The molecule has 1 heterocycles. The maximum atomic E-state index is 12.3. The summed E-state index contributed by atoms with van der Waals surface area (Å²) in [5.74, 6) is -0.365. The minimum Gasteiger partial charge on any atom is -0.482 e. The number of carbonyl (C=O) groups excluding carboxylic acids is 2. The summed E-state index contributed by atoms with van der Waals surface area (Å²) in [4.78, 5) is 25.3. The molecule has 1 aliphatic rings. The van der Waals surface area contributed by atoms with Crippen LogP contribution in [0.3, 0.4) is 0 Å². The Kier molecular flexibility index (Phi) is 3.20. The highest BCUT2D eigenvalue weighted by atomic mass is 16.5. The SMILES string of the molecule is CNc1ccc2c(c1)N(C(=O)C(C)(C)N)C(=O)CO2. The van der Waals surface area contributed by atoms with Crippen LogP contribution < -0.4 is 20.7 Å². The van der Waals surface area contributed by atoms with E-state index in [2.05, 4.69) is 5.32 Å². The number of benzene rings is 1. The second-order valence-electron chi connectivity index (χ2n) is 4.98. The molecule has 3 N–H and O–H groups in total. The third-order valence-corrected chi connectivity index (χ3v) is 2.84. The van der Waals surface area contributed by atoms with Gasteiger partial charge in [-0.15, -0.1) is 0 Å². The van der Waals surface area contributed by atoms with Crippen molar-refractivity contribution in [2.24, 2.45) is 5.73 Å². The van der Waals surface area contributed by atoms with Gasteiger partial charge in [0.2, 0.25) is 0 Å². The average molecular weight is 263 g/mol. The van der Waals surface area contributed by atoms with Crippen LogP contribution >= 0.6 is 0 Å². The summed E-state index contributed by atoms with van der Waals surface area (Å²) in [6.45, 7) is 2.98. The van der Waals surface area contributed by atoms with Gasteiger partial charge in [-0.25, -0.2) is 4.90 Å². The first-order valence-electron chi connectivity index (χ1n) is 5.95. The normalized spacial score (nSPS) is 14.7. The van der Waals surface area contributed by atoms with Gasteiger partial charge in [0.25, 0.3) is 11.8 Å². The number of nitrogens with two attached hydrogens (primary N) is 1. The molecule has 1 aliphatic heterocycles. The largest absolute Gasteiger partial charge is 0.482 e. The number of hydrogen-bond donors (Lipinski definition) is 2. The fraction of sp³-hybridized carbons (Fsp3) is 0.385. The molecule has 0 radical (unpaired) electrons. The quantitative estimate of drug-likeness (QED) is 0.821. The highest BCUT2D eigenvalue weighted by Gasteiger charge is 2.37. The van der Waals surface area contributed by atoms with Crippen molar-refractivity contribution in [3.63, 3.8) is 0 Å². The lowest BCUT2D eigenvalue weighted by molar-refractivity contribution is -0.130. The van der Waals surface area contributed by atoms with Crippen molar-refractivity contribution in [3.8, 4) is 5.75 Å². The maximum Gasteiger partial charge on any atom is 0.271 e. The minimum absolute atomic E-state index is 0.159. The van der Waals surface area contributed by atoms with Gasteiger partial charge in [0.05, 0.1) is 11.2 Å². The summed E-state index contributed by atoms with van der Waals surface area (Å²) in [5.41, 5.74) is 5.88. The molecule has 6 heteroatoms. The van der Waals surface area contributed by atoms with Gasteiger partial charge in [-0.3, -0.25) is 9.59 Å². The molecule has 2 amide bonds. The van der Waals surface area contributed by atoms with E-state index in [0.29, 0.717) is 11.4 Å². The van der Waals surface area contributed by atoms with Crippen molar-refractivity contribution in [1.29, 1.82) is 0 Å². The van der Waals surface area contributed by atoms with Crippen LogP contribution in [-0.2, 0) is 9.59 Å². The molecule has 0 saturated heterocycles. The van der Waals surface area contributed by atoms with Gasteiger partial charge in [-0.1, -0.05) is 0 Å². The number of rotatable bonds is 2. The summed E-state index contributed by atoms with van der Waals surface area (Å²) >= 11 is 0. The number of ether oxygens (including phenoxy) is 1. The first-order valence-corrected chi connectivity index (χ1v) is 5.95. The fourth-order valence-corrected chi connectivity index (χ4v) is 1.82. The van der Waals surface area contributed by atoms with Crippen LogP contribution in [-0.4, -0.2) is 31.0 Å². The maximum absolute atomic E-state index is 12.3. The molecule has 0 atom stereocenters. The van der Waals surface area contributed by atoms with Crippen molar-refractivity contribution >= 4 is 23.2 Å². The van der Waals surface area contributed by atoms with E-state index < -0.39 is 17.4 Å². The van der Waals surface area contributed by atoms with Crippen molar-refractivity contribution in [2.75, 3.05) is 23.9 Å². The Balaban J connectivity index is 2.51. The number of carbonyl (C=O) groups is 2. The second kappa shape index (κ2) is 4.55. The van der Waals surface area contributed by atoms with Crippen LogP contribution in [0.15, 0.2) is 18.2 Å². The molecular weight excluding hydrogens is 246 g/mol. The lowest BCUT2D eigenvalue weighted by Gasteiger charge is -2.32. The number of fused-ring (bicyclic) bond motifs is 1. The van der Waals surface area contributed by atoms with E-state index in [0.717, 1.165) is 10.6 Å². The molecule has 1 aromatic rings. The molecule has 102 valence electrons. The molecule has 0 unspecified atom stereocenters. The number of nitrogens with zero attached hydrogens (tertiary/aromatic N) is 1. The smallest absolute Gasteiger partial charge is 0.271 e. The predicted octanol–water partition coefficient (Wildman–Crippen LogP) is 0.718. The molecule has 0 aliphatic carbocycles. The van der Waals surface area contributed by atoms with Crippen LogP contribution in [0.1, 0.15) is 13.8 Å². The fourth-order valence-electron chi connectivity index (χ4n) is 1.82. The molecule has 6 nitrogen and oxygen atoms in total. The second-order valence-corrected chi connectivity index (χ2v) is 4.98. The lowest BCUT2D eigenvalue weighted by Crippen LogP contribution is -2.55. The molecule has 0 bridgehead atoms. The van der Waals surface area contributed by atoms with Gasteiger partial charge in [0, 0.05) is 12.7 Å². The zero-order valence-corrected chi connectivity index (χ0v) is 11.2. The molecular formula is C13H17N3O3. The van der Waals surface area contributed by atoms with E-state index in [9.17, 15) is 9.59 Å². The summed E-state index contributed by atoms with van der Waals surface area (Å²) < 4.78 is 5.32. The number of nitrogens with one attached hydrogen (secondary N) is 1.